The molecule has 0 radical (unpaired) electrons. The number of carbonyl (C=O) groups is 1. The summed E-state index contributed by atoms with van der Waals surface area (Å²) in [4.78, 5) is 17.7. The molecular weight excluding hydrogens is 233 g/mol. The van der Waals surface area contributed by atoms with E-state index in [-0.39, 0.29) is 11.6 Å². The Balaban J connectivity index is 2.77. The molecular formula is C13H20FN3O. The van der Waals surface area contributed by atoms with Crippen LogP contribution in [0.1, 0.15) is 30.8 Å². The molecule has 0 unspecified atom stereocenters. The van der Waals surface area contributed by atoms with Crippen LogP contribution >= 0.6 is 0 Å². The first-order valence-corrected chi connectivity index (χ1v) is 6.15. The van der Waals surface area contributed by atoms with E-state index in [0.29, 0.717) is 25.6 Å². The van der Waals surface area contributed by atoms with E-state index in [0.717, 1.165) is 12.6 Å². The summed E-state index contributed by atoms with van der Waals surface area (Å²) in [5, 5.41) is 0. The first kappa shape index (κ1) is 14.6. The number of rotatable bonds is 6. The van der Waals surface area contributed by atoms with Gasteiger partial charge in [-0.15, -0.1) is 0 Å². The van der Waals surface area contributed by atoms with Gasteiger partial charge in [0.15, 0.2) is 0 Å². The largest absolute Gasteiger partial charge is 0.337 e. The van der Waals surface area contributed by atoms with Crippen LogP contribution in [0.15, 0.2) is 18.3 Å². The number of halogens is 1. The quantitative estimate of drug-likeness (QED) is 0.839. The maximum absolute atomic E-state index is 12.8. The molecule has 1 heterocycles. The Morgan fingerprint density at radius 3 is 2.72 bits per heavy atom. The Morgan fingerprint density at radius 1 is 1.50 bits per heavy atom. The second kappa shape index (κ2) is 7.06. The van der Waals surface area contributed by atoms with Crippen LogP contribution in [0.25, 0.3) is 0 Å². The second-order valence-electron chi connectivity index (χ2n) is 4.65. The van der Waals surface area contributed by atoms with Crippen LogP contribution in [0.3, 0.4) is 0 Å². The summed E-state index contributed by atoms with van der Waals surface area (Å²) in [6.45, 7) is 5.88. The molecule has 0 aliphatic heterocycles. The van der Waals surface area contributed by atoms with Crippen LogP contribution in [0, 0.1) is 11.7 Å². The molecule has 0 saturated carbocycles. The van der Waals surface area contributed by atoms with Crippen molar-refractivity contribution < 1.29 is 9.18 Å². The van der Waals surface area contributed by atoms with Gasteiger partial charge in [-0.05, 0) is 31.0 Å². The number of hydrogen-bond donors (Lipinski definition) is 1. The zero-order chi connectivity index (χ0) is 13.5. The number of nitrogens with two attached hydrogens (primary N) is 1. The number of amides is 1. The smallest absolute Gasteiger partial charge is 0.272 e. The molecule has 0 atom stereocenters. The van der Waals surface area contributed by atoms with E-state index in [4.69, 9.17) is 5.73 Å². The fourth-order valence-corrected chi connectivity index (χ4v) is 1.66. The standard InChI is InChI=1S/C13H20FN3O/c1-10(2)9-17(7-3-6-15)13(18)12-5-4-11(14)8-16-12/h4-5,8,10H,3,6-7,9,15H2,1-2H3. The highest BCUT2D eigenvalue weighted by Gasteiger charge is 2.17. The van der Waals surface area contributed by atoms with E-state index in [9.17, 15) is 9.18 Å². The van der Waals surface area contributed by atoms with Crippen molar-refractivity contribution in [3.63, 3.8) is 0 Å². The van der Waals surface area contributed by atoms with Crippen molar-refractivity contribution in [2.75, 3.05) is 19.6 Å². The van der Waals surface area contributed by atoms with Crippen molar-refractivity contribution in [2.45, 2.75) is 20.3 Å². The van der Waals surface area contributed by atoms with Crippen molar-refractivity contribution in [2.24, 2.45) is 11.7 Å². The molecule has 2 N–H and O–H groups in total. The normalized spacial score (nSPS) is 10.7. The second-order valence-corrected chi connectivity index (χ2v) is 4.65. The molecule has 0 aliphatic carbocycles. The molecule has 0 spiro atoms. The average molecular weight is 253 g/mol. The number of aromatic nitrogens is 1. The van der Waals surface area contributed by atoms with Crippen LogP contribution in [0.2, 0.25) is 0 Å². The first-order chi connectivity index (χ1) is 8.54. The highest BCUT2D eigenvalue weighted by Crippen LogP contribution is 2.07. The average Bonchev–Trinajstić information content (AvgIpc) is 2.34. The van der Waals surface area contributed by atoms with E-state index >= 15 is 0 Å². The zero-order valence-electron chi connectivity index (χ0n) is 10.9. The molecule has 4 nitrogen and oxygen atoms in total. The van der Waals surface area contributed by atoms with Gasteiger partial charge in [-0.2, -0.15) is 0 Å². The minimum absolute atomic E-state index is 0.169. The zero-order valence-corrected chi connectivity index (χ0v) is 10.9. The van der Waals surface area contributed by atoms with E-state index in [1.807, 2.05) is 13.8 Å². The van der Waals surface area contributed by atoms with Crippen LogP contribution in [-0.2, 0) is 0 Å². The van der Waals surface area contributed by atoms with Crippen LogP contribution < -0.4 is 5.73 Å². The lowest BCUT2D eigenvalue weighted by molar-refractivity contribution is 0.0729. The highest BCUT2D eigenvalue weighted by atomic mass is 19.1. The predicted molar refractivity (Wildman–Crippen MR) is 68.6 cm³/mol. The van der Waals surface area contributed by atoms with Crippen LogP contribution in [0.5, 0.6) is 0 Å². The summed E-state index contributed by atoms with van der Waals surface area (Å²) in [7, 11) is 0. The van der Waals surface area contributed by atoms with Crippen molar-refractivity contribution in [3.05, 3.63) is 29.8 Å². The molecule has 18 heavy (non-hydrogen) atoms. The number of carbonyl (C=O) groups excluding carboxylic acids is 1. The van der Waals surface area contributed by atoms with E-state index in [1.54, 1.807) is 4.90 Å². The summed E-state index contributed by atoms with van der Waals surface area (Å²) in [5.41, 5.74) is 5.74. The van der Waals surface area contributed by atoms with Crippen LogP contribution in [0.4, 0.5) is 4.39 Å². The number of nitrogens with zero attached hydrogens (tertiary/aromatic N) is 2. The summed E-state index contributed by atoms with van der Waals surface area (Å²) in [5.74, 6) is -0.242. The van der Waals surface area contributed by atoms with Gasteiger partial charge < -0.3 is 10.6 Å². The van der Waals surface area contributed by atoms with Gasteiger partial charge in [0.25, 0.3) is 5.91 Å². The maximum atomic E-state index is 12.8. The Hall–Kier alpha value is -1.49. The minimum atomic E-state index is -0.441. The molecule has 1 rings (SSSR count). The SMILES string of the molecule is CC(C)CN(CCCN)C(=O)c1ccc(F)cn1. The summed E-state index contributed by atoms with van der Waals surface area (Å²) in [6.07, 6.45) is 1.81. The molecule has 0 saturated heterocycles. The van der Waals surface area contributed by atoms with Gasteiger partial charge in [-0.1, -0.05) is 13.8 Å². The topological polar surface area (TPSA) is 59.2 Å². The van der Waals surface area contributed by atoms with E-state index in [1.165, 1.54) is 12.1 Å². The third kappa shape index (κ3) is 4.41. The lowest BCUT2D eigenvalue weighted by Gasteiger charge is -2.24. The molecule has 0 aromatic carbocycles. The lowest BCUT2D eigenvalue weighted by atomic mass is 10.2. The number of pyridine rings is 1. The van der Waals surface area contributed by atoms with Gasteiger partial charge in [0.1, 0.15) is 11.5 Å². The van der Waals surface area contributed by atoms with E-state index < -0.39 is 5.82 Å². The van der Waals surface area contributed by atoms with Crippen molar-refractivity contribution in [1.82, 2.24) is 9.88 Å². The van der Waals surface area contributed by atoms with Crippen molar-refractivity contribution >= 4 is 5.91 Å². The van der Waals surface area contributed by atoms with Gasteiger partial charge in [-0.3, -0.25) is 4.79 Å². The van der Waals surface area contributed by atoms with E-state index in [2.05, 4.69) is 4.98 Å². The monoisotopic (exact) mass is 253 g/mol. The molecule has 1 amide bonds. The van der Waals surface area contributed by atoms with Crippen molar-refractivity contribution in [3.8, 4) is 0 Å². The van der Waals surface area contributed by atoms with Gasteiger partial charge in [0.05, 0.1) is 6.20 Å². The summed E-state index contributed by atoms with van der Waals surface area (Å²) >= 11 is 0. The van der Waals surface area contributed by atoms with Gasteiger partial charge in [0.2, 0.25) is 0 Å². The van der Waals surface area contributed by atoms with Gasteiger partial charge in [0, 0.05) is 13.1 Å². The Labute approximate surface area is 107 Å². The third-order valence-corrected chi connectivity index (χ3v) is 2.45. The lowest BCUT2D eigenvalue weighted by Crippen LogP contribution is -2.36. The molecule has 0 aliphatic rings. The molecule has 0 fully saturated rings. The molecule has 1 aromatic rings. The molecule has 5 heteroatoms. The Bertz CT molecular complexity index is 378. The Kier molecular flexibility index (Phi) is 5.71. The summed E-state index contributed by atoms with van der Waals surface area (Å²) in [6, 6.07) is 2.66. The predicted octanol–water partition coefficient (Wildman–Crippen LogP) is 1.67. The van der Waals surface area contributed by atoms with Gasteiger partial charge in [-0.25, -0.2) is 9.37 Å². The Morgan fingerprint density at radius 2 is 2.22 bits per heavy atom. The molecule has 0 bridgehead atoms. The first-order valence-electron chi connectivity index (χ1n) is 6.15. The molecule has 1 aromatic heterocycles. The third-order valence-electron chi connectivity index (χ3n) is 2.45. The minimum Gasteiger partial charge on any atom is -0.337 e. The van der Waals surface area contributed by atoms with Crippen LogP contribution in [-0.4, -0.2) is 35.4 Å². The fraction of sp³-hybridized carbons (Fsp3) is 0.538. The van der Waals surface area contributed by atoms with Crippen molar-refractivity contribution in [1.29, 1.82) is 0 Å². The fourth-order valence-electron chi connectivity index (χ4n) is 1.66. The van der Waals surface area contributed by atoms with Gasteiger partial charge >= 0.3 is 0 Å². The maximum Gasteiger partial charge on any atom is 0.272 e. The highest BCUT2D eigenvalue weighted by molar-refractivity contribution is 5.92. The number of hydrogen-bond acceptors (Lipinski definition) is 3. The summed E-state index contributed by atoms with van der Waals surface area (Å²) < 4.78 is 12.8. The molecule has 100 valence electrons.